The smallest absolute Gasteiger partial charge is 0.126 e. The molecule has 2 unspecified atom stereocenters. The van der Waals surface area contributed by atoms with E-state index in [1.54, 1.807) is 12.1 Å². The Kier molecular flexibility index (Phi) is 4.94. The van der Waals surface area contributed by atoms with Crippen molar-refractivity contribution in [2.24, 2.45) is 5.41 Å². The Bertz CT molecular complexity index is 409. The lowest BCUT2D eigenvalue weighted by Gasteiger charge is -2.33. The van der Waals surface area contributed by atoms with Crippen LogP contribution in [0.2, 0.25) is 0 Å². The highest BCUT2D eigenvalue weighted by atomic mass is 19.1. The highest BCUT2D eigenvalue weighted by Crippen LogP contribution is 2.38. The zero-order chi connectivity index (χ0) is 13.7. The summed E-state index contributed by atoms with van der Waals surface area (Å²) >= 11 is 0. The van der Waals surface area contributed by atoms with Gasteiger partial charge in [0.1, 0.15) is 5.82 Å². The van der Waals surface area contributed by atoms with Gasteiger partial charge in [-0.25, -0.2) is 4.39 Å². The predicted octanol–water partition coefficient (Wildman–Crippen LogP) is 3.16. The van der Waals surface area contributed by atoms with Gasteiger partial charge in [0, 0.05) is 18.6 Å². The normalized spacial score (nSPS) is 26.8. The van der Waals surface area contributed by atoms with E-state index in [1.807, 2.05) is 12.1 Å². The van der Waals surface area contributed by atoms with Crippen molar-refractivity contribution in [3.8, 4) is 0 Å². The third-order valence-electron chi connectivity index (χ3n) is 4.23. The minimum atomic E-state index is -0.100. The fourth-order valence-electron chi connectivity index (χ4n) is 2.88. The summed E-state index contributed by atoms with van der Waals surface area (Å²) in [5.41, 5.74) is 0.829. The van der Waals surface area contributed by atoms with Gasteiger partial charge in [0.05, 0.1) is 6.10 Å². The summed E-state index contributed by atoms with van der Waals surface area (Å²) in [6.07, 6.45) is 3.04. The lowest BCUT2D eigenvalue weighted by molar-refractivity contribution is 0.0627. The lowest BCUT2D eigenvalue weighted by Crippen LogP contribution is -2.41. The molecular weight excluding hydrogens is 241 g/mol. The zero-order valence-corrected chi connectivity index (χ0v) is 11.9. The van der Waals surface area contributed by atoms with Crippen LogP contribution in [0.25, 0.3) is 0 Å². The van der Waals surface area contributed by atoms with Gasteiger partial charge < -0.3 is 10.1 Å². The molecule has 2 atom stereocenters. The fourth-order valence-corrected chi connectivity index (χ4v) is 2.88. The minimum absolute atomic E-state index is 0.0252. The van der Waals surface area contributed by atoms with Gasteiger partial charge in [0.2, 0.25) is 0 Å². The Morgan fingerprint density at radius 3 is 2.84 bits per heavy atom. The van der Waals surface area contributed by atoms with Crippen molar-refractivity contribution in [1.29, 1.82) is 0 Å². The molecule has 0 spiro atoms. The van der Waals surface area contributed by atoms with Gasteiger partial charge in [-0.15, -0.1) is 0 Å². The van der Waals surface area contributed by atoms with E-state index in [2.05, 4.69) is 19.2 Å². The van der Waals surface area contributed by atoms with E-state index >= 15 is 0 Å². The van der Waals surface area contributed by atoms with Gasteiger partial charge in [-0.3, -0.25) is 0 Å². The topological polar surface area (TPSA) is 21.3 Å². The first kappa shape index (κ1) is 14.5. The molecular formula is C16H24FNO. The minimum Gasteiger partial charge on any atom is -0.378 e. The van der Waals surface area contributed by atoms with Crippen LogP contribution in [0.1, 0.15) is 32.3 Å². The molecule has 19 heavy (non-hydrogen) atoms. The SMILES string of the molecule is CCCNCC1(Cc2ccccc2F)CCOC1C. The van der Waals surface area contributed by atoms with E-state index < -0.39 is 0 Å². The first-order valence-electron chi connectivity index (χ1n) is 7.24. The Labute approximate surface area is 115 Å². The van der Waals surface area contributed by atoms with Crippen molar-refractivity contribution in [2.45, 2.75) is 39.2 Å². The van der Waals surface area contributed by atoms with Gasteiger partial charge in [-0.2, -0.15) is 0 Å². The summed E-state index contributed by atoms with van der Waals surface area (Å²) in [5.74, 6) is -0.100. The van der Waals surface area contributed by atoms with Crippen molar-refractivity contribution in [3.63, 3.8) is 0 Å². The summed E-state index contributed by atoms with van der Waals surface area (Å²) in [6.45, 7) is 6.96. The van der Waals surface area contributed by atoms with Crippen LogP contribution in [-0.4, -0.2) is 25.8 Å². The molecule has 3 heteroatoms. The third kappa shape index (κ3) is 3.34. The molecule has 1 fully saturated rings. The first-order valence-corrected chi connectivity index (χ1v) is 7.24. The largest absolute Gasteiger partial charge is 0.378 e. The van der Waals surface area contributed by atoms with Crippen molar-refractivity contribution in [1.82, 2.24) is 5.32 Å². The van der Waals surface area contributed by atoms with Gasteiger partial charge in [-0.1, -0.05) is 25.1 Å². The molecule has 1 aromatic carbocycles. The average molecular weight is 265 g/mol. The maximum absolute atomic E-state index is 13.9. The number of nitrogens with one attached hydrogen (secondary N) is 1. The number of hydrogen-bond acceptors (Lipinski definition) is 2. The summed E-state index contributed by atoms with van der Waals surface area (Å²) in [4.78, 5) is 0. The molecule has 2 rings (SSSR count). The highest BCUT2D eigenvalue weighted by molar-refractivity contribution is 5.20. The summed E-state index contributed by atoms with van der Waals surface area (Å²) in [6, 6.07) is 7.09. The molecule has 0 saturated carbocycles. The van der Waals surface area contributed by atoms with E-state index in [4.69, 9.17) is 4.74 Å². The highest BCUT2D eigenvalue weighted by Gasteiger charge is 2.41. The van der Waals surface area contributed by atoms with Crippen LogP contribution >= 0.6 is 0 Å². The molecule has 0 bridgehead atoms. The van der Waals surface area contributed by atoms with Crippen LogP contribution in [0.3, 0.4) is 0 Å². The number of ether oxygens (including phenoxy) is 1. The summed E-state index contributed by atoms with van der Waals surface area (Å²) < 4.78 is 19.6. The predicted molar refractivity (Wildman–Crippen MR) is 75.7 cm³/mol. The van der Waals surface area contributed by atoms with Crippen LogP contribution in [-0.2, 0) is 11.2 Å². The van der Waals surface area contributed by atoms with Crippen molar-refractivity contribution < 1.29 is 9.13 Å². The second-order valence-corrected chi connectivity index (χ2v) is 5.57. The fraction of sp³-hybridized carbons (Fsp3) is 0.625. The van der Waals surface area contributed by atoms with Crippen LogP contribution in [0.5, 0.6) is 0 Å². The maximum Gasteiger partial charge on any atom is 0.126 e. The van der Waals surface area contributed by atoms with E-state index in [0.717, 1.165) is 44.5 Å². The van der Waals surface area contributed by atoms with Gasteiger partial charge >= 0.3 is 0 Å². The van der Waals surface area contributed by atoms with Crippen LogP contribution in [0.15, 0.2) is 24.3 Å². The first-order chi connectivity index (χ1) is 9.18. The molecule has 1 saturated heterocycles. The number of hydrogen-bond donors (Lipinski definition) is 1. The molecule has 106 valence electrons. The Morgan fingerprint density at radius 2 is 2.21 bits per heavy atom. The zero-order valence-electron chi connectivity index (χ0n) is 11.9. The van der Waals surface area contributed by atoms with Gasteiger partial charge in [0.15, 0.2) is 0 Å². The Balaban J connectivity index is 2.12. The van der Waals surface area contributed by atoms with Gasteiger partial charge in [-0.05, 0) is 44.4 Å². The van der Waals surface area contributed by atoms with E-state index in [0.29, 0.717) is 0 Å². The van der Waals surface area contributed by atoms with E-state index in [9.17, 15) is 4.39 Å². The molecule has 1 N–H and O–H groups in total. The third-order valence-corrected chi connectivity index (χ3v) is 4.23. The molecule has 1 heterocycles. The molecule has 2 nitrogen and oxygen atoms in total. The quantitative estimate of drug-likeness (QED) is 0.798. The second kappa shape index (κ2) is 6.49. The van der Waals surface area contributed by atoms with Gasteiger partial charge in [0.25, 0.3) is 0 Å². The van der Waals surface area contributed by atoms with Crippen LogP contribution in [0.4, 0.5) is 4.39 Å². The monoisotopic (exact) mass is 265 g/mol. The van der Waals surface area contributed by atoms with Crippen LogP contribution in [0, 0.1) is 11.2 Å². The summed E-state index contributed by atoms with van der Waals surface area (Å²) in [5, 5.41) is 3.49. The van der Waals surface area contributed by atoms with E-state index in [1.165, 1.54) is 0 Å². The number of halogens is 1. The number of benzene rings is 1. The standard InChI is InChI=1S/C16H24FNO/c1-3-9-18-12-16(8-10-19-13(16)2)11-14-6-4-5-7-15(14)17/h4-7,13,18H,3,8-12H2,1-2H3. The number of rotatable bonds is 6. The maximum atomic E-state index is 13.9. The molecule has 1 aliphatic heterocycles. The molecule has 1 aliphatic rings. The Hall–Kier alpha value is -0.930. The van der Waals surface area contributed by atoms with Crippen molar-refractivity contribution in [2.75, 3.05) is 19.7 Å². The molecule has 0 aromatic heterocycles. The molecule has 0 amide bonds. The molecule has 0 radical (unpaired) electrons. The van der Waals surface area contributed by atoms with Crippen molar-refractivity contribution in [3.05, 3.63) is 35.6 Å². The molecule has 0 aliphatic carbocycles. The Morgan fingerprint density at radius 1 is 1.42 bits per heavy atom. The summed E-state index contributed by atoms with van der Waals surface area (Å²) in [7, 11) is 0. The second-order valence-electron chi connectivity index (χ2n) is 5.57. The molecule has 1 aromatic rings. The van der Waals surface area contributed by atoms with Crippen molar-refractivity contribution >= 4 is 0 Å². The lowest BCUT2D eigenvalue weighted by atomic mass is 9.76. The average Bonchev–Trinajstić information content (AvgIpc) is 2.75. The van der Waals surface area contributed by atoms with E-state index in [-0.39, 0.29) is 17.3 Å². The van der Waals surface area contributed by atoms with Crippen LogP contribution < -0.4 is 5.32 Å².